The van der Waals surface area contributed by atoms with Crippen LogP contribution in [0.5, 0.6) is 0 Å². The van der Waals surface area contributed by atoms with E-state index in [1.807, 2.05) is 31.7 Å². The molecular weight excluding hydrogens is 192 g/mol. The van der Waals surface area contributed by atoms with E-state index < -0.39 is 11.7 Å². The van der Waals surface area contributed by atoms with Crippen LogP contribution in [0.15, 0.2) is 12.4 Å². The molecule has 0 aliphatic heterocycles. The SMILES string of the molecule is CCC(O)(CC)C(O)Cc1nccn1C. The third-order valence-corrected chi connectivity index (χ3v) is 3.14. The largest absolute Gasteiger partial charge is 0.390 e. The zero-order chi connectivity index (χ0) is 11.5. The molecule has 0 aliphatic carbocycles. The number of hydrogen-bond donors (Lipinski definition) is 2. The molecule has 86 valence electrons. The Morgan fingerprint density at radius 1 is 1.47 bits per heavy atom. The number of aromatic nitrogens is 2. The van der Waals surface area contributed by atoms with Crippen molar-refractivity contribution in [2.75, 3.05) is 0 Å². The second-order valence-corrected chi connectivity index (χ2v) is 3.98. The molecule has 1 aromatic rings. The summed E-state index contributed by atoms with van der Waals surface area (Å²) < 4.78 is 1.86. The van der Waals surface area contributed by atoms with E-state index in [1.165, 1.54) is 0 Å². The third-order valence-electron chi connectivity index (χ3n) is 3.14. The number of imidazole rings is 1. The van der Waals surface area contributed by atoms with Crippen LogP contribution in [-0.2, 0) is 13.5 Å². The number of aryl methyl sites for hydroxylation is 1. The molecule has 1 heterocycles. The molecule has 0 aliphatic rings. The van der Waals surface area contributed by atoms with Crippen LogP contribution >= 0.6 is 0 Å². The van der Waals surface area contributed by atoms with Gasteiger partial charge in [-0.15, -0.1) is 0 Å². The molecule has 1 rings (SSSR count). The van der Waals surface area contributed by atoms with Gasteiger partial charge in [-0.05, 0) is 12.8 Å². The van der Waals surface area contributed by atoms with E-state index >= 15 is 0 Å². The van der Waals surface area contributed by atoms with Crippen LogP contribution in [0.1, 0.15) is 32.5 Å². The van der Waals surface area contributed by atoms with Gasteiger partial charge in [-0.1, -0.05) is 13.8 Å². The second kappa shape index (κ2) is 4.77. The van der Waals surface area contributed by atoms with E-state index in [1.54, 1.807) is 6.20 Å². The lowest BCUT2D eigenvalue weighted by atomic mass is 9.89. The summed E-state index contributed by atoms with van der Waals surface area (Å²) in [7, 11) is 1.88. The summed E-state index contributed by atoms with van der Waals surface area (Å²) in [6.07, 6.45) is 4.26. The van der Waals surface area contributed by atoms with Crippen molar-refractivity contribution in [3.63, 3.8) is 0 Å². The molecule has 1 unspecified atom stereocenters. The predicted octanol–water partition coefficient (Wildman–Crippen LogP) is 0.875. The van der Waals surface area contributed by atoms with E-state index in [2.05, 4.69) is 4.98 Å². The minimum absolute atomic E-state index is 0.391. The molecule has 0 bridgehead atoms. The van der Waals surface area contributed by atoms with Gasteiger partial charge in [0.05, 0.1) is 11.7 Å². The number of rotatable bonds is 5. The summed E-state index contributed by atoms with van der Waals surface area (Å²) in [6, 6.07) is 0. The highest BCUT2D eigenvalue weighted by Crippen LogP contribution is 2.21. The van der Waals surface area contributed by atoms with Crippen molar-refractivity contribution in [3.05, 3.63) is 18.2 Å². The molecule has 15 heavy (non-hydrogen) atoms. The fourth-order valence-electron chi connectivity index (χ4n) is 1.68. The van der Waals surface area contributed by atoms with Gasteiger partial charge >= 0.3 is 0 Å². The van der Waals surface area contributed by atoms with Gasteiger partial charge in [0.1, 0.15) is 5.82 Å². The van der Waals surface area contributed by atoms with Crippen LogP contribution in [0.2, 0.25) is 0 Å². The molecule has 4 heteroatoms. The Bertz CT molecular complexity index is 305. The van der Waals surface area contributed by atoms with Gasteiger partial charge in [0.2, 0.25) is 0 Å². The van der Waals surface area contributed by atoms with Crippen LogP contribution in [0.4, 0.5) is 0 Å². The van der Waals surface area contributed by atoms with Gasteiger partial charge in [0, 0.05) is 25.9 Å². The van der Waals surface area contributed by atoms with Crippen molar-refractivity contribution in [3.8, 4) is 0 Å². The van der Waals surface area contributed by atoms with E-state index in [9.17, 15) is 10.2 Å². The van der Waals surface area contributed by atoms with Gasteiger partial charge < -0.3 is 14.8 Å². The molecule has 0 amide bonds. The first-order valence-corrected chi connectivity index (χ1v) is 5.40. The maximum absolute atomic E-state index is 10.1. The zero-order valence-electron chi connectivity index (χ0n) is 9.64. The van der Waals surface area contributed by atoms with Crippen LogP contribution in [0.3, 0.4) is 0 Å². The standard InChI is InChI=1S/C11H20N2O2/c1-4-11(15,5-2)9(14)8-10-12-6-7-13(10)3/h6-7,9,14-15H,4-5,8H2,1-3H3. The molecule has 0 aromatic carbocycles. The lowest BCUT2D eigenvalue weighted by Gasteiger charge is -2.30. The molecule has 0 spiro atoms. The Labute approximate surface area is 90.6 Å². The summed E-state index contributed by atoms with van der Waals surface area (Å²) in [5.41, 5.74) is -0.994. The molecular formula is C11H20N2O2. The van der Waals surface area contributed by atoms with Crippen molar-refractivity contribution >= 4 is 0 Å². The molecule has 1 aromatic heterocycles. The number of aliphatic hydroxyl groups is 2. The van der Waals surface area contributed by atoms with Gasteiger partial charge in [-0.25, -0.2) is 4.98 Å². The van der Waals surface area contributed by atoms with Crippen molar-refractivity contribution in [1.82, 2.24) is 9.55 Å². The van der Waals surface area contributed by atoms with Crippen molar-refractivity contribution < 1.29 is 10.2 Å². The van der Waals surface area contributed by atoms with E-state index in [0.717, 1.165) is 5.82 Å². The topological polar surface area (TPSA) is 58.3 Å². The van der Waals surface area contributed by atoms with E-state index in [0.29, 0.717) is 19.3 Å². The Balaban J connectivity index is 2.70. The fourth-order valence-corrected chi connectivity index (χ4v) is 1.68. The summed E-state index contributed by atoms with van der Waals surface area (Å²) >= 11 is 0. The lowest BCUT2D eigenvalue weighted by molar-refractivity contribution is -0.0799. The maximum atomic E-state index is 10.1. The predicted molar refractivity (Wildman–Crippen MR) is 58.5 cm³/mol. The molecule has 4 nitrogen and oxygen atoms in total. The van der Waals surface area contributed by atoms with Gasteiger partial charge in [-0.3, -0.25) is 0 Å². The summed E-state index contributed by atoms with van der Waals surface area (Å²) in [4.78, 5) is 4.13. The summed E-state index contributed by atoms with van der Waals surface area (Å²) in [5.74, 6) is 0.794. The van der Waals surface area contributed by atoms with Gasteiger partial charge in [-0.2, -0.15) is 0 Å². The minimum atomic E-state index is -0.994. The Kier molecular flexibility index (Phi) is 3.88. The van der Waals surface area contributed by atoms with Crippen LogP contribution in [0, 0.1) is 0 Å². The smallest absolute Gasteiger partial charge is 0.111 e. The average Bonchev–Trinajstić information content (AvgIpc) is 2.63. The first-order chi connectivity index (χ1) is 7.03. The van der Waals surface area contributed by atoms with Crippen LogP contribution < -0.4 is 0 Å². The van der Waals surface area contributed by atoms with Crippen molar-refractivity contribution in [2.24, 2.45) is 7.05 Å². The highest BCUT2D eigenvalue weighted by atomic mass is 16.3. The first-order valence-electron chi connectivity index (χ1n) is 5.40. The second-order valence-electron chi connectivity index (χ2n) is 3.98. The summed E-state index contributed by atoms with van der Waals surface area (Å²) in [5, 5.41) is 20.1. The monoisotopic (exact) mass is 212 g/mol. The van der Waals surface area contributed by atoms with Gasteiger partial charge in [0.15, 0.2) is 0 Å². The quantitative estimate of drug-likeness (QED) is 0.761. The zero-order valence-corrected chi connectivity index (χ0v) is 9.64. The number of hydrogen-bond acceptors (Lipinski definition) is 3. The normalized spacial score (nSPS) is 14.2. The molecule has 0 radical (unpaired) electrons. The minimum Gasteiger partial charge on any atom is -0.390 e. The average molecular weight is 212 g/mol. The van der Waals surface area contributed by atoms with Crippen LogP contribution in [0.25, 0.3) is 0 Å². The Hall–Kier alpha value is -0.870. The first kappa shape index (κ1) is 12.2. The lowest BCUT2D eigenvalue weighted by Crippen LogP contribution is -2.42. The molecule has 0 fully saturated rings. The van der Waals surface area contributed by atoms with Crippen molar-refractivity contribution in [1.29, 1.82) is 0 Å². The van der Waals surface area contributed by atoms with Crippen molar-refractivity contribution in [2.45, 2.75) is 44.8 Å². The molecule has 2 N–H and O–H groups in total. The highest BCUT2D eigenvalue weighted by molar-refractivity contribution is 4.97. The number of nitrogens with zero attached hydrogens (tertiary/aromatic N) is 2. The molecule has 1 atom stereocenters. The Morgan fingerprint density at radius 2 is 2.07 bits per heavy atom. The van der Waals surface area contributed by atoms with Gasteiger partial charge in [0.25, 0.3) is 0 Å². The molecule has 0 saturated carbocycles. The fraction of sp³-hybridized carbons (Fsp3) is 0.727. The van der Waals surface area contributed by atoms with Crippen LogP contribution in [-0.4, -0.2) is 31.5 Å². The third kappa shape index (κ3) is 2.58. The number of aliphatic hydroxyl groups excluding tert-OH is 1. The summed E-state index contributed by atoms with van der Waals surface area (Å²) in [6.45, 7) is 3.76. The van der Waals surface area contributed by atoms with E-state index in [-0.39, 0.29) is 0 Å². The van der Waals surface area contributed by atoms with E-state index in [4.69, 9.17) is 0 Å². The molecule has 0 saturated heterocycles. The maximum Gasteiger partial charge on any atom is 0.111 e. The Morgan fingerprint density at radius 3 is 2.47 bits per heavy atom. The highest BCUT2D eigenvalue weighted by Gasteiger charge is 2.32.